The molecule has 0 saturated heterocycles. The zero-order valence-corrected chi connectivity index (χ0v) is 19.1. The molecule has 35 heavy (non-hydrogen) atoms. The van der Waals surface area contributed by atoms with E-state index in [2.05, 4.69) is 0 Å². The predicted octanol–water partition coefficient (Wildman–Crippen LogP) is 3.24. The summed E-state index contributed by atoms with van der Waals surface area (Å²) in [6.07, 6.45) is 1.58. The Labute approximate surface area is 199 Å². The summed E-state index contributed by atoms with van der Waals surface area (Å²) in [6.45, 7) is 0.973. The van der Waals surface area contributed by atoms with E-state index in [-0.39, 0.29) is 38.0 Å². The summed E-state index contributed by atoms with van der Waals surface area (Å²) < 4.78 is 23.6. The van der Waals surface area contributed by atoms with Gasteiger partial charge in [-0.25, -0.2) is 9.59 Å². The Bertz CT molecular complexity index is 1320. The molecule has 0 spiro atoms. The third-order valence-electron chi connectivity index (χ3n) is 5.49. The van der Waals surface area contributed by atoms with Crippen LogP contribution in [-0.2, 0) is 32.2 Å². The first kappa shape index (κ1) is 24.1. The lowest BCUT2D eigenvalue weighted by Crippen LogP contribution is -2.16. The van der Waals surface area contributed by atoms with Crippen molar-refractivity contribution in [3.63, 3.8) is 0 Å². The fourth-order valence-electron chi connectivity index (χ4n) is 3.79. The molecule has 2 aromatic carbocycles. The molecule has 10 nitrogen and oxygen atoms in total. The van der Waals surface area contributed by atoms with Crippen LogP contribution in [0.5, 0.6) is 0 Å². The van der Waals surface area contributed by atoms with Crippen LogP contribution in [0.1, 0.15) is 32.1 Å². The maximum absolute atomic E-state index is 11.9. The van der Waals surface area contributed by atoms with Gasteiger partial charge in [-0.05, 0) is 37.1 Å². The molecule has 184 valence electrons. The minimum absolute atomic E-state index is 0.136. The molecule has 0 aliphatic rings. The van der Waals surface area contributed by atoms with Crippen LogP contribution in [0.25, 0.3) is 22.2 Å². The van der Waals surface area contributed by atoms with Crippen molar-refractivity contribution in [2.45, 2.75) is 45.2 Å². The quantitative estimate of drug-likeness (QED) is 0.223. The van der Waals surface area contributed by atoms with Gasteiger partial charge in [-0.15, -0.1) is 0 Å². The third-order valence-corrected chi connectivity index (χ3v) is 5.49. The van der Waals surface area contributed by atoms with Crippen LogP contribution < -0.4 is 11.5 Å². The number of aryl methyl sites for hydroxylation is 2. The van der Waals surface area contributed by atoms with E-state index in [1.807, 2.05) is 12.1 Å². The fourth-order valence-corrected chi connectivity index (χ4v) is 3.79. The van der Waals surface area contributed by atoms with Gasteiger partial charge in [0, 0.05) is 32.4 Å². The number of ether oxygens (including phenoxy) is 2. The number of esters is 2. The average molecular weight is 482 g/mol. The lowest BCUT2D eigenvalue weighted by Gasteiger charge is -2.07. The van der Waals surface area contributed by atoms with Crippen molar-refractivity contribution in [1.29, 1.82) is 0 Å². The number of para-hydroxylation sites is 4. The van der Waals surface area contributed by atoms with E-state index in [9.17, 15) is 19.2 Å². The molecule has 0 aliphatic carbocycles. The molecular formula is C25H26N2O8. The Kier molecular flexibility index (Phi) is 7.81. The number of fused-ring (bicyclic) bond motifs is 2. The second kappa shape index (κ2) is 11.4. The smallest absolute Gasteiger partial charge is 0.419 e. The van der Waals surface area contributed by atoms with Gasteiger partial charge in [-0.2, -0.15) is 0 Å². The third kappa shape index (κ3) is 6.08. The molecule has 0 saturated carbocycles. The van der Waals surface area contributed by atoms with Crippen molar-refractivity contribution in [2.75, 3.05) is 13.2 Å². The number of nitrogens with zero attached hydrogens (tertiary/aromatic N) is 2. The van der Waals surface area contributed by atoms with E-state index in [0.29, 0.717) is 54.6 Å². The summed E-state index contributed by atoms with van der Waals surface area (Å²) in [6, 6.07) is 14.2. The topological polar surface area (TPSA) is 123 Å². The molecule has 4 aromatic rings. The Balaban J connectivity index is 1.07. The Morgan fingerprint density at radius 3 is 1.54 bits per heavy atom. The number of oxazole rings is 2. The minimum atomic E-state index is -0.452. The molecule has 0 radical (unpaired) electrons. The van der Waals surface area contributed by atoms with Crippen LogP contribution in [0.3, 0.4) is 0 Å². The lowest BCUT2D eigenvalue weighted by molar-refractivity contribution is -0.146. The van der Waals surface area contributed by atoms with Crippen LogP contribution in [0, 0.1) is 0 Å². The zero-order valence-electron chi connectivity index (χ0n) is 19.1. The van der Waals surface area contributed by atoms with Gasteiger partial charge >= 0.3 is 23.5 Å². The number of hydrogen-bond acceptors (Lipinski definition) is 8. The Hall–Kier alpha value is -4.08. The molecule has 0 aliphatic heterocycles. The highest BCUT2D eigenvalue weighted by Crippen LogP contribution is 2.13. The van der Waals surface area contributed by atoms with E-state index >= 15 is 0 Å². The van der Waals surface area contributed by atoms with Gasteiger partial charge in [0.25, 0.3) is 0 Å². The molecule has 0 amide bonds. The van der Waals surface area contributed by atoms with Gasteiger partial charge in [-0.3, -0.25) is 18.7 Å². The van der Waals surface area contributed by atoms with Crippen LogP contribution >= 0.6 is 0 Å². The fraction of sp³-hybridized carbons (Fsp3) is 0.360. The maximum Gasteiger partial charge on any atom is 0.419 e. The zero-order chi connectivity index (χ0) is 24.6. The second-order valence-electron chi connectivity index (χ2n) is 7.98. The first-order valence-electron chi connectivity index (χ1n) is 11.5. The highest BCUT2D eigenvalue weighted by atomic mass is 16.5. The summed E-state index contributed by atoms with van der Waals surface area (Å²) in [7, 11) is 0. The van der Waals surface area contributed by atoms with Crippen LogP contribution in [0.2, 0.25) is 0 Å². The van der Waals surface area contributed by atoms with Crippen molar-refractivity contribution in [3.05, 3.63) is 69.6 Å². The number of aromatic nitrogens is 2. The van der Waals surface area contributed by atoms with Crippen molar-refractivity contribution >= 4 is 34.1 Å². The van der Waals surface area contributed by atoms with Gasteiger partial charge in [0.1, 0.15) is 0 Å². The number of benzene rings is 2. The largest absolute Gasteiger partial charge is 0.466 e. The lowest BCUT2D eigenvalue weighted by atomic mass is 10.3. The van der Waals surface area contributed by atoms with E-state index < -0.39 is 11.5 Å². The summed E-state index contributed by atoms with van der Waals surface area (Å²) >= 11 is 0. The van der Waals surface area contributed by atoms with E-state index in [1.54, 1.807) is 36.4 Å². The molecule has 2 heterocycles. The summed E-state index contributed by atoms with van der Waals surface area (Å²) in [5.41, 5.74) is 2.41. The number of carbonyl (C=O) groups excluding carboxylic acids is 2. The average Bonchev–Trinajstić information content (AvgIpc) is 3.34. The van der Waals surface area contributed by atoms with Crippen LogP contribution in [0.15, 0.2) is 67.0 Å². The molecule has 0 atom stereocenters. The number of hydrogen-bond donors (Lipinski definition) is 0. The van der Waals surface area contributed by atoms with Crippen LogP contribution in [-0.4, -0.2) is 34.3 Å². The minimum Gasteiger partial charge on any atom is -0.466 e. The second-order valence-corrected chi connectivity index (χ2v) is 7.98. The molecule has 0 unspecified atom stereocenters. The van der Waals surface area contributed by atoms with Crippen molar-refractivity contribution < 1.29 is 27.9 Å². The Morgan fingerprint density at radius 1 is 0.657 bits per heavy atom. The van der Waals surface area contributed by atoms with Gasteiger partial charge in [0.05, 0.1) is 24.2 Å². The van der Waals surface area contributed by atoms with E-state index in [1.165, 1.54) is 9.13 Å². The van der Waals surface area contributed by atoms with Crippen molar-refractivity contribution in [1.82, 2.24) is 9.13 Å². The van der Waals surface area contributed by atoms with Gasteiger partial charge in [0.15, 0.2) is 11.2 Å². The molecule has 4 rings (SSSR count). The molecule has 0 fully saturated rings. The molecule has 0 bridgehead atoms. The first-order valence-corrected chi connectivity index (χ1v) is 11.5. The summed E-state index contributed by atoms with van der Waals surface area (Å²) in [5, 5.41) is 0. The molecular weight excluding hydrogens is 456 g/mol. The van der Waals surface area contributed by atoms with Gasteiger partial charge in [0.2, 0.25) is 0 Å². The number of carbonyl (C=O) groups is 2. The summed E-state index contributed by atoms with van der Waals surface area (Å²) in [5.74, 6) is -1.66. The Morgan fingerprint density at radius 2 is 1.09 bits per heavy atom. The highest BCUT2D eigenvalue weighted by molar-refractivity contribution is 5.73. The monoisotopic (exact) mass is 482 g/mol. The van der Waals surface area contributed by atoms with Crippen molar-refractivity contribution in [3.8, 4) is 0 Å². The first-order chi connectivity index (χ1) is 17.0. The highest BCUT2D eigenvalue weighted by Gasteiger charge is 2.11. The summed E-state index contributed by atoms with van der Waals surface area (Å²) in [4.78, 5) is 47.7. The number of rotatable bonds is 12. The van der Waals surface area contributed by atoms with E-state index in [4.69, 9.17) is 18.3 Å². The standard InChI is InChI=1S/C25H26N2O8/c28-22(12-5-14-26-18-8-1-3-10-20(18)34-24(26)30)32-16-7-17-33-23(29)13-6-15-27-19-9-2-4-11-21(19)35-25(27)31/h1-4,8-11H,5-7,12-17H2. The van der Waals surface area contributed by atoms with Gasteiger partial charge in [-0.1, -0.05) is 24.3 Å². The SMILES string of the molecule is O=C(CCCn1c(=O)oc2ccccc21)OCCCOC(=O)CCCn1c(=O)oc2ccccc21. The van der Waals surface area contributed by atoms with Crippen molar-refractivity contribution in [2.24, 2.45) is 0 Å². The maximum atomic E-state index is 11.9. The van der Waals surface area contributed by atoms with E-state index in [0.717, 1.165) is 0 Å². The molecule has 0 N–H and O–H groups in total. The normalized spacial score (nSPS) is 11.2. The molecule has 10 heteroatoms. The predicted molar refractivity (Wildman–Crippen MR) is 126 cm³/mol. The molecule has 2 aromatic heterocycles. The van der Waals surface area contributed by atoms with Crippen LogP contribution in [0.4, 0.5) is 0 Å². The van der Waals surface area contributed by atoms with Gasteiger partial charge < -0.3 is 18.3 Å².